The Kier molecular flexibility index (Phi) is 2.47. The molecular formula is C15H9F3. The normalized spacial score (nSPS) is 13.4. The van der Waals surface area contributed by atoms with Gasteiger partial charge in [0.1, 0.15) is 5.82 Å². The molecule has 0 bridgehead atoms. The Morgan fingerprint density at radius 2 is 1.67 bits per heavy atom. The quantitative estimate of drug-likeness (QED) is 0.665. The minimum absolute atomic E-state index is 0.0162. The van der Waals surface area contributed by atoms with Gasteiger partial charge in [0.2, 0.25) is 0 Å². The van der Waals surface area contributed by atoms with Gasteiger partial charge in [-0.25, -0.2) is 13.2 Å². The lowest BCUT2D eigenvalue weighted by Gasteiger charge is -2.08. The van der Waals surface area contributed by atoms with Crippen LogP contribution >= 0.6 is 0 Å². The lowest BCUT2D eigenvalue weighted by Crippen LogP contribution is -1.96. The molecule has 0 aliphatic heterocycles. The average Bonchev–Trinajstić information content (AvgIpc) is 2.77. The Labute approximate surface area is 102 Å². The molecule has 0 heterocycles. The Hall–Kier alpha value is -2.03. The molecule has 0 aromatic heterocycles. The van der Waals surface area contributed by atoms with Gasteiger partial charge in [0.05, 0.1) is 0 Å². The summed E-state index contributed by atoms with van der Waals surface area (Å²) in [6.45, 7) is 0. The number of fused-ring (bicyclic) bond motifs is 1. The highest BCUT2D eigenvalue weighted by Crippen LogP contribution is 2.34. The largest absolute Gasteiger partial charge is 0.207 e. The second kappa shape index (κ2) is 4.02. The molecule has 0 unspecified atom stereocenters. The van der Waals surface area contributed by atoms with Gasteiger partial charge in [0.15, 0.2) is 11.6 Å². The van der Waals surface area contributed by atoms with Crippen LogP contribution in [-0.4, -0.2) is 0 Å². The second-order valence-electron chi connectivity index (χ2n) is 4.23. The first kappa shape index (κ1) is 11.1. The van der Waals surface area contributed by atoms with Crippen molar-refractivity contribution in [3.63, 3.8) is 0 Å². The third-order valence-corrected chi connectivity index (χ3v) is 3.12. The zero-order chi connectivity index (χ0) is 12.7. The van der Waals surface area contributed by atoms with Crippen molar-refractivity contribution in [2.24, 2.45) is 0 Å². The highest BCUT2D eigenvalue weighted by Gasteiger charge is 2.20. The number of hydrogen-bond donors (Lipinski definition) is 0. The minimum Gasteiger partial charge on any atom is -0.207 e. The Morgan fingerprint density at radius 3 is 2.50 bits per heavy atom. The van der Waals surface area contributed by atoms with E-state index in [-0.39, 0.29) is 5.56 Å². The summed E-state index contributed by atoms with van der Waals surface area (Å²) in [4.78, 5) is 0. The molecule has 0 spiro atoms. The third kappa shape index (κ3) is 1.63. The standard InChI is InChI=1S/C15H9F3/c16-10-7-13(15(18)14(17)8-10)12-6-5-9-3-1-2-4-11(9)12/h1-4,6-8H,5H2. The van der Waals surface area contributed by atoms with Crippen molar-refractivity contribution in [2.45, 2.75) is 6.42 Å². The number of benzene rings is 2. The molecule has 2 aromatic rings. The average molecular weight is 246 g/mol. The van der Waals surface area contributed by atoms with E-state index in [0.29, 0.717) is 18.1 Å². The van der Waals surface area contributed by atoms with E-state index >= 15 is 0 Å². The van der Waals surface area contributed by atoms with Crippen molar-refractivity contribution >= 4 is 5.57 Å². The van der Waals surface area contributed by atoms with Gasteiger partial charge in [-0.1, -0.05) is 30.3 Å². The maximum absolute atomic E-state index is 13.7. The Balaban J connectivity index is 2.19. The van der Waals surface area contributed by atoms with Crippen molar-refractivity contribution < 1.29 is 13.2 Å². The summed E-state index contributed by atoms with van der Waals surface area (Å²) in [6.07, 6.45) is 2.45. The smallest absolute Gasteiger partial charge is 0.166 e. The van der Waals surface area contributed by atoms with E-state index in [1.54, 1.807) is 6.08 Å². The predicted molar refractivity (Wildman–Crippen MR) is 63.5 cm³/mol. The molecule has 1 aliphatic rings. The Bertz CT molecular complexity index is 657. The fourth-order valence-corrected chi connectivity index (χ4v) is 2.29. The van der Waals surface area contributed by atoms with E-state index in [9.17, 15) is 13.2 Å². The van der Waals surface area contributed by atoms with Gasteiger partial charge in [-0.3, -0.25) is 0 Å². The molecule has 18 heavy (non-hydrogen) atoms. The lowest BCUT2D eigenvalue weighted by atomic mass is 9.98. The molecule has 0 atom stereocenters. The van der Waals surface area contributed by atoms with Crippen LogP contribution in [0.3, 0.4) is 0 Å². The van der Waals surface area contributed by atoms with Gasteiger partial charge < -0.3 is 0 Å². The molecular weight excluding hydrogens is 237 g/mol. The van der Waals surface area contributed by atoms with E-state index in [1.165, 1.54) is 0 Å². The van der Waals surface area contributed by atoms with Gasteiger partial charge in [-0.2, -0.15) is 0 Å². The fraction of sp³-hybridized carbons (Fsp3) is 0.0667. The molecule has 0 saturated carbocycles. The summed E-state index contributed by atoms with van der Waals surface area (Å²) in [5.41, 5.74) is 2.41. The SMILES string of the molecule is Fc1cc(F)c(F)c(C2=CCc3ccccc32)c1. The van der Waals surface area contributed by atoms with Crippen LogP contribution in [0.4, 0.5) is 13.2 Å². The molecule has 90 valence electrons. The van der Waals surface area contributed by atoms with Crippen LogP contribution in [0.15, 0.2) is 42.5 Å². The van der Waals surface area contributed by atoms with E-state index < -0.39 is 17.5 Å². The van der Waals surface area contributed by atoms with Crippen LogP contribution < -0.4 is 0 Å². The van der Waals surface area contributed by atoms with Crippen LogP contribution in [0.1, 0.15) is 16.7 Å². The zero-order valence-electron chi connectivity index (χ0n) is 9.38. The van der Waals surface area contributed by atoms with Gasteiger partial charge in [0.25, 0.3) is 0 Å². The predicted octanol–water partition coefficient (Wildman–Crippen LogP) is 4.09. The van der Waals surface area contributed by atoms with Gasteiger partial charge in [-0.05, 0) is 29.2 Å². The number of halogens is 3. The van der Waals surface area contributed by atoms with Crippen molar-refractivity contribution in [1.29, 1.82) is 0 Å². The second-order valence-corrected chi connectivity index (χ2v) is 4.23. The van der Waals surface area contributed by atoms with Crippen LogP contribution in [0.5, 0.6) is 0 Å². The van der Waals surface area contributed by atoms with Crippen LogP contribution in [0, 0.1) is 17.5 Å². The summed E-state index contributed by atoms with van der Waals surface area (Å²) in [7, 11) is 0. The minimum atomic E-state index is -1.16. The zero-order valence-corrected chi connectivity index (χ0v) is 9.38. The maximum Gasteiger partial charge on any atom is 0.166 e. The van der Waals surface area contributed by atoms with E-state index in [1.807, 2.05) is 24.3 Å². The maximum atomic E-state index is 13.7. The van der Waals surface area contributed by atoms with Gasteiger partial charge >= 0.3 is 0 Å². The highest BCUT2D eigenvalue weighted by molar-refractivity contribution is 5.84. The third-order valence-electron chi connectivity index (χ3n) is 3.12. The molecule has 0 N–H and O–H groups in total. The molecule has 3 heteroatoms. The number of hydrogen-bond acceptors (Lipinski definition) is 0. The fourth-order valence-electron chi connectivity index (χ4n) is 2.29. The van der Waals surface area contributed by atoms with Crippen LogP contribution in [0.2, 0.25) is 0 Å². The van der Waals surface area contributed by atoms with Crippen molar-refractivity contribution in [2.75, 3.05) is 0 Å². The van der Waals surface area contributed by atoms with Crippen molar-refractivity contribution in [3.05, 3.63) is 76.6 Å². The first-order valence-corrected chi connectivity index (χ1v) is 5.60. The first-order valence-electron chi connectivity index (χ1n) is 5.60. The molecule has 0 amide bonds. The summed E-state index contributed by atoms with van der Waals surface area (Å²) in [5, 5.41) is 0. The lowest BCUT2D eigenvalue weighted by molar-refractivity contribution is 0.492. The topological polar surface area (TPSA) is 0 Å². The first-order chi connectivity index (χ1) is 8.66. The van der Waals surface area contributed by atoms with Gasteiger partial charge in [-0.15, -0.1) is 0 Å². The monoisotopic (exact) mass is 246 g/mol. The van der Waals surface area contributed by atoms with E-state index in [4.69, 9.17) is 0 Å². The molecule has 0 fully saturated rings. The summed E-state index contributed by atoms with van der Waals surface area (Å²) in [5.74, 6) is -2.93. The molecule has 2 aromatic carbocycles. The van der Waals surface area contributed by atoms with E-state index in [0.717, 1.165) is 17.2 Å². The number of allylic oxidation sites excluding steroid dienone is 1. The van der Waals surface area contributed by atoms with Crippen LogP contribution in [-0.2, 0) is 6.42 Å². The Morgan fingerprint density at radius 1 is 0.889 bits per heavy atom. The molecule has 0 nitrogen and oxygen atoms in total. The molecule has 3 rings (SSSR count). The molecule has 0 saturated heterocycles. The summed E-state index contributed by atoms with van der Waals surface area (Å²) < 4.78 is 40.2. The summed E-state index contributed by atoms with van der Waals surface area (Å²) >= 11 is 0. The molecule has 1 aliphatic carbocycles. The van der Waals surface area contributed by atoms with Crippen molar-refractivity contribution in [1.82, 2.24) is 0 Å². The van der Waals surface area contributed by atoms with Crippen LogP contribution in [0.25, 0.3) is 5.57 Å². The number of rotatable bonds is 1. The van der Waals surface area contributed by atoms with Crippen molar-refractivity contribution in [3.8, 4) is 0 Å². The van der Waals surface area contributed by atoms with Gasteiger partial charge in [0, 0.05) is 11.6 Å². The summed E-state index contributed by atoms with van der Waals surface area (Å²) in [6, 6.07) is 9.05. The molecule has 0 radical (unpaired) electrons. The highest BCUT2D eigenvalue weighted by atomic mass is 19.2. The van der Waals surface area contributed by atoms with E-state index in [2.05, 4.69) is 0 Å².